The number of amides is 1. The molecule has 0 aliphatic carbocycles. The number of carbonyl (C=O) groups is 1. The predicted molar refractivity (Wildman–Crippen MR) is 100 cm³/mol. The quantitative estimate of drug-likeness (QED) is 0.530. The number of hydrogen-bond acceptors (Lipinski definition) is 2. The lowest BCUT2D eigenvalue weighted by Crippen LogP contribution is -2.14. The molecule has 130 valence electrons. The topological polar surface area (TPSA) is 46.9 Å². The van der Waals surface area contributed by atoms with E-state index < -0.39 is 0 Å². The molecule has 0 atom stereocenters. The van der Waals surface area contributed by atoms with Gasteiger partial charge in [-0.3, -0.25) is 4.79 Å². The predicted octanol–water partition coefficient (Wildman–Crippen LogP) is 4.42. The van der Waals surface area contributed by atoms with Crippen LogP contribution in [0.15, 0.2) is 60.7 Å². The molecule has 5 heteroatoms. The maximum absolute atomic E-state index is 13.6. The van der Waals surface area contributed by atoms with Crippen LogP contribution in [0.1, 0.15) is 19.3 Å². The van der Waals surface area contributed by atoms with E-state index in [0.29, 0.717) is 36.5 Å². The highest BCUT2D eigenvalue weighted by Gasteiger charge is 2.14. The fraction of sp³-hybridized carbons (Fsp3) is 0.143. The minimum atomic E-state index is -0.370. The van der Waals surface area contributed by atoms with Crippen molar-refractivity contribution < 1.29 is 9.18 Å². The highest BCUT2D eigenvalue weighted by atomic mass is 19.1. The first-order valence-corrected chi connectivity index (χ1v) is 8.32. The molecule has 3 rings (SSSR count). The Kier molecular flexibility index (Phi) is 5.45. The van der Waals surface area contributed by atoms with Crippen molar-refractivity contribution in [1.29, 1.82) is 0 Å². The number of aromatic nitrogens is 2. The number of benzene rings is 2. The van der Waals surface area contributed by atoms with E-state index >= 15 is 0 Å². The van der Waals surface area contributed by atoms with Crippen molar-refractivity contribution in [2.24, 2.45) is 0 Å². The number of anilines is 1. The van der Waals surface area contributed by atoms with Crippen LogP contribution in [0, 0.1) is 18.2 Å². The molecule has 0 fully saturated rings. The first-order chi connectivity index (χ1) is 12.7. The summed E-state index contributed by atoms with van der Waals surface area (Å²) in [6.07, 6.45) is 6.70. The Morgan fingerprint density at radius 2 is 1.96 bits per heavy atom. The average Bonchev–Trinajstić information content (AvgIpc) is 3.06. The van der Waals surface area contributed by atoms with Crippen molar-refractivity contribution in [2.75, 3.05) is 5.32 Å². The molecule has 0 spiro atoms. The zero-order chi connectivity index (χ0) is 18.4. The van der Waals surface area contributed by atoms with Crippen LogP contribution < -0.4 is 5.32 Å². The van der Waals surface area contributed by atoms with Gasteiger partial charge in [0, 0.05) is 24.5 Å². The molecule has 0 saturated heterocycles. The molecule has 0 saturated carbocycles. The highest BCUT2D eigenvalue weighted by Crippen LogP contribution is 2.25. The van der Waals surface area contributed by atoms with Gasteiger partial charge in [-0.2, -0.15) is 5.10 Å². The molecule has 26 heavy (non-hydrogen) atoms. The van der Waals surface area contributed by atoms with E-state index in [1.165, 1.54) is 16.8 Å². The molecule has 0 aliphatic heterocycles. The second-order valence-electron chi connectivity index (χ2n) is 5.78. The molecule has 0 unspecified atom stereocenters. The van der Waals surface area contributed by atoms with Crippen molar-refractivity contribution in [2.45, 2.75) is 19.3 Å². The summed E-state index contributed by atoms with van der Waals surface area (Å²) in [6.45, 7) is 0. The summed E-state index contributed by atoms with van der Waals surface area (Å²) in [7, 11) is 0. The summed E-state index contributed by atoms with van der Waals surface area (Å²) in [4.78, 5) is 12.2. The van der Waals surface area contributed by atoms with Gasteiger partial charge in [-0.05, 0) is 24.6 Å². The van der Waals surface area contributed by atoms with E-state index in [-0.39, 0.29) is 11.7 Å². The molecule has 3 aromatic rings. The molecule has 1 N–H and O–H groups in total. The number of unbranched alkanes of at least 4 members (excludes halogenated alkanes) is 1. The summed E-state index contributed by atoms with van der Waals surface area (Å²) in [5.74, 6) is 2.48. The molecule has 1 amide bonds. The van der Waals surface area contributed by atoms with Crippen LogP contribution in [-0.2, 0) is 4.79 Å². The first-order valence-electron chi connectivity index (χ1n) is 8.32. The normalized spacial score (nSPS) is 10.3. The van der Waals surface area contributed by atoms with Gasteiger partial charge in [0.05, 0.1) is 11.4 Å². The number of terminal acetylenes is 1. The minimum Gasteiger partial charge on any atom is -0.311 e. The Bertz CT molecular complexity index is 941. The fourth-order valence-electron chi connectivity index (χ4n) is 2.58. The lowest BCUT2D eigenvalue weighted by molar-refractivity contribution is -0.116. The zero-order valence-corrected chi connectivity index (χ0v) is 14.2. The van der Waals surface area contributed by atoms with Gasteiger partial charge in [0.15, 0.2) is 0 Å². The number of halogens is 1. The second kappa shape index (κ2) is 8.13. The van der Waals surface area contributed by atoms with Gasteiger partial charge in [-0.25, -0.2) is 9.07 Å². The number of hydrogen-bond donors (Lipinski definition) is 1. The Balaban J connectivity index is 1.94. The van der Waals surface area contributed by atoms with Crippen molar-refractivity contribution in [3.05, 3.63) is 66.5 Å². The third-order valence-corrected chi connectivity index (χ3v) is 3.82. The second-order valence-corrected chi connectivity index (χ2v) is 5.78. The first kappa shape index (κ1) is 17.4. The third-order valence-electron chi connectivity index (χ3n) is 3.82. The van der Waals surface area contributed by atoms with Crippen LogP contribution in [0.5, 0.6) is 0 Å². The summed E-state index contributed by atoms with van der Waals surface area (Å²) >= 11 is 0. The number of nitrogens with zero attached hydrogens (tertiary/aromatic N) is 2. The number of carbonyl (C=O) groups excluding carboxylic acids is 1. The number of rotatable bonds is 6. The van der Waals surface area contributed by atoms with Gasteiger partial charge in [0.25, 0.3) is 0 Å². The summed E-state index contributed by atoms with van der Waals surface area (Å²) in [5.41, 5.74) is 2.13. The van der Waals surface area contributed by atoms with E-state index in [0.717, 1.165) is 5.56 Å². The van der Waals surface area contributed by atoms with Gasteiger partial charge in [-0.1, -0.05) is 36.4 Å². The Morgan fingerprint density at radius 1 is 1.15 bits per heavy atom. The molecule has 0 bridgehead atoms. The fourth-order valence-corrected chi connectivity index (χ4v) is 2.58. The smallest absolute Gasteiger partial charge is 0.225 e. The van der Waals surface area contributed by atoms with Crippen LogP contribution in [0.4, 0.5) is 10.2 Å². The van der Waals surface area contributed by atoms with Crippen molar-refractivity contribution in [3.8, 4) is 29.3 Å². The van der Waals surface area contributed by atoms with Crippen molar-refractivity contribution >= 4 is 11.7 Å². The van der Waals surface area contributed by atoms with Crippen LogP contribution >= 0.6 is 0 Å². The highest BCUT2D eigenvalue weighted by molar-refractivity contribution is 5.90. The van der Waals surface area contributed by atoms with Gasteiger partial charge in [0.2, 0.25) is 5.91 Å². The summed E-state index contributed by atoms with van der Waals surface area (Å²) in [5, 5.41) is 7.39. The third kappa shape index (κ3) is 4.17. The molecule has 4 nitrogen and oxygen atoms in total. The number of nitrogens with one attached hydrogen (secondary N) is 1. The Hall–Kier alpha value is -3.39. The van der Waals surface area contributed by atoms with Crippen LogP contribution in [-0.4, -0.2) is 15.7 Å². The summed E-state index contributed by atoms with van der Waals surface area (Å²) < 4.78 is 15.2. The lowest BCUT2D eigenvalue weighted by Gasteiger charge is -2.08. The zero-order valence-electron chi connectivity index (χ0n) is 14.2. The van der Waals surface area contributed by atoms with Gasteiger partial charge in [-0.15, -0.1) is 12.3 Å². The molecule has 1 aromatic heterocycles. The van der Waals surface area contributed by atoms with Gasteiger partial charge in [0.1, 0.15) is 11.6 Å². The van der Waals surface area contributed by atoms with E-state index in [2.05, 4.69) is 16.3 Å². The SMILES string of the molecule is C#CCCCC(=O)Nc1cc(-c2ccccc2)nn1-c1cccc(F)c1. The molecular weight excluding hydrogens is 329 g/mol. The molecule has 2 aromatic carbocycles. The van der Waals surface area contributed by atoms with Crippen LogP contribution in [0.25, 0.3) is 16.9 Å². The van der Waals surface area contributed by atoms with E-state index in [1.54, 1.807) is 18.2 Å². The average molecular weight is 347 g/mol. The minimum absolute atomic E-state index is 0.155. The lowest BCUT2D eigenvalue weighted by atomic mass is 10.1. The van der Waals surface area contributed by atoms with E-state index in [1.807, 2.05) is 30.3 Å². The van der Waals surface area contributed by atoms with Gasteiger partial charge >= 0.3 is 0 Å². The Morgan fingerprint density at radius 3 is 2.69 bits per heavy atom. The monoisotopic (exact) mass is 347 g/mol. The van der Waals surface area contributed by atoms with E-state index in [4.69, 9.17) is 6.42 Å². The largest absolute Gasteiger partial charge is 0.311 e. The van der Waals surface area contributed by atoms with Crippen molar-refractivity contribution in [3.63, 3.8) is 0 Å². The maximum Gasteiger partial charge on any atom is 0.225 e. The molecule has 0 aliphatic rings. The molecule has 1 heterocycles. The standard InChI is InChI=1S/C21H18FN3O/c1-2-3-5-13-21(26)23-20-15-19(16-9-6-4-7-10-16)24-25(20)18-12-8-11-17(22)14-18/h1,4,6-12,14-15H,3,5,13H2,(H,23,26). The summed E-state index contributed by atoms with van der Waals surface area (Å²) in [6, 6.07) is 17.4. The molecular formula is C21H18FN3O. The maximum atomic E-state index is 13.6. The van der Waals surface area contributed by atoms with Crippen molar-refractivity contribution in [1.82, 2.24) is 9.78 Å². The van der Waals surface area contributed by atoms with Crippen LogP contribution in [0.3, 0.4) is 0 Å². The Labute approximate surface area is 151 Å². The molecule has 0 radical (unpaired) electrons. The van der Waals surface area contributed by atoms with Gasteiger partial charge < -0.3 is 5.32 Å². The van der Waals surface area contributed by atoms with Crippen LogP contribution in [0.2, 0.25) is 0 Å². The van der Waals surface area contributed by atoms with E-state index in [9.17, 15) is 9.18 Å².